The maximum Gasteiger partial charge on any atom is 0.227 e. The van der Waals surface area contributed by atoms with Gasteiger partial charge in [-0.1, -0.05) is 31.2 Å². The van der Waals surface area contributed by atoms with Crippen molar-refractivity contribution in [1.29, 1.82) is 0 Å². The van der Waals surface area contributed by atoms with E-state index < -0.39 is 0 Å². The van der Waals surface area contributed by atoms with Crippen molar-refractivity contribution >= 4 is 5.91 Å². The number of hydrogen-bond donors (Lipinski definition) is 1. The molecule has 1 aliphatic heterocycles. The molecule has 1 aromatic rings. The Balaban J connectivity index is 2.21. The smallest absolute Gasteiger partial charge is 0.227 e. The SMILES string of the molecule is C[C@H]1[C@@H]2CNC(=O)[C@H]1c1ccccc12. The summed E-state index contributed by atoms with van der Waals surface area (Å²) in [6, 6.07) is 8.36. The fraction of sp³-hybridized carbons (Fsp3) is 0.417. The Kier molecular flexibility index (Phi) is 1.49. The van der Waals surface area contributed by atoms with E-state index in [9.17, 15) is 4.79 Å². The molecule has 1 aliphatic carbocycles. The van der Waals surface area contributed by atoms with Crippen LogP contribution in [0, 0.1) is 5.92 Å². The molecular formula is C12H13NO. The second-order valence-electron chi connectivity index (χ2n) is 4.32. The predicted molar refractivity (Wildman–Crippen MR) is 54.1 cm³/mol. The van der Waals surface area contributed by atoms with E-state index in [0.29, 0.717) is 11.8 Å². The first-order valence-electron chi connectivity index (χ1n) is 5.15. The Morgan fingerprint density at radius 3 is 2.79 bits per heavy atom. The van der Waals surface area contributed by atoms with Gasteiger partial charge in [-0.15, -0.1) is 0 Å². The summed E-state index contributed by atoms with van der Waals surface area (Å²) in [5, 5.41) is 2.98. The van der Waals surface area contributed by atoms with E-state index >= 15 is 0 Å². The van der Waals surface area contributed by atoms with Crippen molar-refractivity contribution in [3.8, 4) is 0 Å². The Labute approximate surface area is 83.3 Å². The average molecular weight is 187 g/mol. The molecule has 1 saturated heterocycles. The van der Waals surface area contributed by atoms with Gasteiger partial charge in [0.15, 0.2) is 0 Å². The van der Waals surface area contributed by atoms with E-state index in [1.54, 1.807) is 0 Å². The van der Waals surface area contributed by atoms with E-state index in [1.165, 1.54) is 11.1 Å². The minimum absolute atomic E-state index is 0.102. The Bertz CT molecular complexity index is 399. The highest BCUT2D eigenvalue weighted by Crippen LogP contribution is 2.48. The molecule has 1 fully saturated rings. The Morgan fingerprint density at radius 1 is 1.29 bits per heavy atom. The Hall–Kier alpha value is -1.31. The number of rotatable bonds is 0. The molecule has 2 heteroatoms. The van der Waals surface area contributed by atoms with Crippen LogP contribution < -0.4 is 5.32 Å². The number of carbonyl (C=O) groups excluding carboxylic acids is 1. The van der Waals surface area contributed by atoms with E-state index in [4.69, 9.17) is 0 Å². The molecule has 1 heterocycles. The summed E-state index contributed by atoms with van der Waals surface area (Å²) in [7, 11) is 0. The van der Waals surface area contributed by atoms with Crippen molar-refractivity contribution in [1.82, 2.24) is 5.32 Å². The first kappa shape index (κ1) is 8.04. The molecule has 0 radical (unpaired) electrons. The van der Waals surface area contributed by atoms with Gasteiger partial charge in [0.2, 0.25) is 5.91 Å². The lowest BCUT2D eigenvalue weighted by Gasteiger charge is -2.27. The van der Waals surface area contributed by atoms with Gasteiger partial charge in [-0.25, -0.2) is 0 Å². The lowest BCUT2D eigenvalue weighted by Crippen LogP contribution is -2.39. The minimum atomic E-state index is 0.102. The first-order valence-corrected chi connectivity index (χ1v) is 5.15. The van der Waals surface area contributed by atoms with Gasteiger partial charge >= 0.3 is 0 Å². The molecule has 2 nitrogen and oxygen atoms in total. The number of nitrogens with one attached hydrogen (secondary N) is 1. The topological polar surface area (TPSA) is 29.1 Å². The third-order valence-corrected chi connectivity index (χ3v) is 3.67. The molecule has 0 spiro atoms. The number of benzene rings is 1. The van der Waals surface area contributed by atoms with Gasteiger partial charge in [0.1, 0.15) is 0 Å². The predicted octanol–water partition coefficient (Wildman–Crippen LogP) is 1.63. The van der Waals surface area contributed by atoms with Crippen LogP contribution in [0.25, 0.3) is 0 Å². The van der Waals surface area contributed by atoms with Crippen LogP contribution in [0.15, 0.2) is 24.3 Å². The van der Waals surface area contributed by atoms with Crippen LogP contribution in [-0.2, 0) is 4.79 Å². The molecule has 0 unspecified atom stereocenters. The third kappa shape index (κ3) is 0.834. The zero-order valence-corrected chi connectivity index (χ0v) is 8.16. The average Bonchev–Trinajstić information content (AvgIpc) is 2.37. The van der Waals surface area contributed by atoms with Gasteiger partial charge < -0.3 is 5.32 Å². The van der Waals surface area contributed by atoms with E-state index in [0.717, 1.165) is 6.54 Å². The molecule has 0 saturated carbocycles. The van der Waals surface area contributed by atoms with E-state index in [-0.39, 0.29) is 11.8 Å². The van der Waals surface area contributed by atoms with Crippen molar-refractivity contribution in [3.63, 3.8) is 0 Å². The normalized spacial score (nSPS) is 33.8. The van der Waals surface area contributed by atoms with Crippen LogP contribution in [0.3, 0.4) is 0 Å². The second kappa shape index (κ2) is 2.59. The van der Waals surface area contributed by atoms with E-state index in [1.807, 2.05) is 6.07 Å². The summed E-state index contributed by atoms with van der Waals surface area (Å²) < 4.78 is 0. The Morgan fingerprint density at radius 2 is 2.00 bits per heavy atom. The van der Waals surface area contributed by atoms with Crippen LogP contribution in [0.1, 0.15) is 29.9 Å². The summed E-state index contributed by atoms with van der Waals surface area (Å²) >= 11 is 0. The summed E-state index contributed by atoms with van der Waals surface area (Å²) in [5.74, 6) is 1.32. The van der Waals surface area contributed by atoms with Crippen molar-refractivity contribution in [2.45, 2.75) is 18.8 Å². The van der Waals surface area contributed by atoms with Gasteiger partial charge in [0.25, 0.3) is 0 Å². The molecule has 14 heavy (non-hydrogen) atoms. The summed E-state index contributed by atoms with van der Waals surface area (Å²) in [4.78, 5) is 11.7. The van der Waals surface area contributed by atoms with Crippen LogP contribution in [0.2, 0.25) is 0 Å². The molecule has 1 amide bonds. The molecule has 3 rings (SSSR count). The number of amides is 1. The van der Waals surface area contributed by atoms with Gasteiger partial charge in [-0.05, 0) is 17.0 Å². The van der Waals surface area contributed by atoms with Crippen LogP contribution in [0.4, 0.5) is 0 Å². The van der Waals surface area contributed by atoms with Crippen molar-refractivity contribution in [2.24, 2.45) is 5.92 Å². The largest absolute Gasteiger partial charge is 0.355 e. The van der Waals surface area contributed by atoms with Crippen LogP contribution in [-0.4, -0.2) is 12.5 Å². The monoisotopic (exact) mass is 187 g/mol. The highest BCUT2D eigenvalue weighted by molar-refractivity contribution is 5.87. The highest BCUT2D eigenvalue weighted by Gasteiger charge is 2.44. The molecule has 0 aromatic heterocycles. The zero-order chi connectivity index (χ0) is 9.71. The van der Waals surface area contributed by atoms with Crippen molar-refractivity contribution < 1.29 is 4.79 Å². The lowest BCUT2D eigenvalue weighted by atomic mass is 9.85. The fourth-order valence-electron chi connectivity index (χ4n) is 2.93. The molecule has 1 N–H and O–H groups in total. The molecule has 2 bridgehead atoms. The number of hydrogen-bond acceptors (Lipinski definition) is 1. The zero-order valence-electron chi connectivity index (χ0n) is 8.16. The minimum Gasteiger partial charge on any atom is -0.355 e. The van der Waals surface area contributed by atoms with Gasteiger partial charge in [-0.3, -0.25) is 4.79 Å². The first-order chi connectivity index (χ1) is 6.79. The molecule has 3 atom stereocenters. The molecule has 2 aliphatic rings. The van der Waals surface area contributed by atoms with Crippen molar-refractivity contribution in [2.75, 3.05) is 6.54 Å². The van der Waals surface area contributed by atoms with Gasteiger partial charge in [0, 0.05) is 12.5 Å². The lowest BCUT2D eigenvalue weighted by molar-refractivity contribution is -0.125. The molecular weight excluding hydrogens is 174 g/mol. The van der Waals surface area contributed by atoms with Crippen LogP contribution in [0.5, 0.6) is 0 Å². The summed E-state index contributed by atoms with van der Waals surface area (Å²) in [5.41, 5.74) is 2.63. The summed E-state index contributed by atoms with van der Waals surface area (Å²) in [6.45, 7) is 3.00. The van der Waals surface area contributed by atoms with Crippen LogP contribution >= 0.6 is 0 Å². The number of piperidine rings is 1. The highest BCUT2D eigenvalue weighted by atomic mass is 16.2. The van der Waals surface area contributed by atoms with Gasteiger partial charge in [-0.2, -0.15) is 0 Å². The molecule has 72 valence electrons. The fourth-order valence-corrected chi connectivity index (χ4v) is 2.93. The molecule has 1 aromatic carbocycles. The standard InChI is InChI=1S/C12H13NO/c1-7-10-6-13-12(14)11(7)9-5-3-2-4-8(9)10/h2-5,7,10-11H,6H2,1H3,(H,13,14)/t7-,10-,11+/m0/s1. The number of fused-ring (bicyclic) bond motifs is 5. The summed E-state index contributed by atoms with van der Waals surface area (Å²) in [6.07, 6.45) is 0. The van der Waals surface area contributed by atoms with Gasteiger partial charge in [0.05, 0.1) is 5.92 Å². The van der Waals surface area contributed by atoms with E-state index in [2.05, 4.69) is 30.4 Å². The number of carbonyl (C=O) groups is 1. The third-order valence-electron chi connectivity index (χ3n) is 3.67. The maximum absolute atomic E-state index is 11.7. The quantitative estimate of drug-likeness (QED) is 0.657. The maximum atomic E-state index is 11.7. The van der Waals surface area contributed by atoms with Crippen molar-refractivity contribution in [3.05, 3.63) is 35.4 Å². The second-order valence-corrected chi connectivity index (χ2v) is 4.32.